The minimum Gasteiger partial charge on any atom is -0.444 e. The van der Waals surface area contributed by atoms with Gasteiger partial charge in [-0.05, 0) is 76.3 Å². The average molecular weight is 352 g/mol. The molecule has 0 bridgehead atoms. The molecule has 3 rings (SSSR count). The molecule has 1 saturated heterocycles. The van der Waals surface area contributed by atoms with E-state index < -0.39 is 5.60 Å². The fourth-order valence-corrected chi connectivity index (χ4v) is 4.06. The number of amides is 1. The van der Waals surface area contributed by atoms with E-state index in [1.807, 2.05) is 31.7 Å². The number of piperidine rings is 1. The van der Waals surface area contributed by atoms with Gasteiger partial charge in [-0.25, -0.2) is 4.79 Å². The lowest BCUT2D eigenvalue weighted by Gasteiger charge is -2.52. The monoisotopic (exact) mass is 351 g/mol. The van der Waals surface area contributed by atoms with Gasteiger partial charge in [-0.3, -0.25) is 0 Å². The van der Waals surface area contributed by atoms with Crippen LogP contribution in [0.2, 0.25) is 5.15 Å². The number of rotatable bonds is 2. The molecule has 0 unspecified atom stereocenters. The quantitative estimate of drug-likeness (QED) is 0.804. The van der Waals surface area contributed by atoms with E-state index in [9.17, 15) is 4.79 Å². The SMILES string of the molecule is CC(C)(C)OC(=O)N1CCC2(CC1)CC(Cc1ccc(Cl)nn1)C2. The molecule has 0 radical (unpaired) electrons. The van der Waals surface area contributed by atoms with Crippen LogP contribution >= 0.6 is 11.6 Å². The predicted molar refractivity (Wildman–Crippen MR) is 92.9 cm³/mol. The molecule has 24 heavy (non-hydrogen) atoms. The van der Waals surface area contributed by atoms with Crippen LogP contribution in [-0.2, 0) is 11.2 Å². The predicted octanol–water partition coefficient (Wildman–Crippen LogP) is 4.10. The molecule has 2 heterocycles. The van der Waals surface area contributed by atoms with Crippen LogP contribution in [0.15, 0.2) is 12.1 Å². The number of ether oxygens (including phenoxy) is 1. The van der Waals surface area contributed by atoms with Gasteiger partial charge >= 0.3 is 6.09 Å². The van der Waals surface area contributed by atoms with Crippen LogP contribution in [0, 0.1) is 11.3 Å². The lowest BCUT2D eigenvalue weighted by atomic mass is 9.56. The standard InChI is InChI=1S/C18H26ClN3O2/c1-17(2,3)24-16(23)22-8-6-18(7-9-22)11-13(12-18)10-14-4-5-15(19)21-20-14/h4-5,13H,6-12H2,1-3H3. The number of nitrogens with zero attached hydrogens (tertiary/aromatic N) is 3. The molecule has 5 nitrogen and oxygen atoms in total. The minimum atomic E-state index is -0.423. The second kappa shape index (κ2) is 6.51. The maximum absolute atomic E-state index is 12.1. The Balaban J connectivity index is 1.45. The summed E-state index contributed by atoms with van der Waals surface area (Å²) >= 11 is 5.78. The number of carbonyl (C=O) groups excluding carboxylic acids is 1. The first-order valence-corrected chi connectivity index (χ1v) is 9.09. The molecule has 0 atom stereocenters. The molecule has 1 amide bonds. The molecule has 1 spiro atoms. The molecule has 0 N–H and O–H groups in total. The van der Waals surface area contributed by atoms with Crippen molar-refractivity contribution in [1.82, 2.24) is 15.1 Å². The molecule has 1 aromatic rings. The summed E-state index contributed by atoms with van der Waals surface area (Å²) < 4.78 is 5.47. The number of halogens is 1. The number of aromatic nitrogens is 2. The Bertz CT molecular complexity index is 581. The van der Waals surface area contributed by atoms with Crippen molar-refractivity contribution in [3.8, 4) is 0 Å². The lowest BCUT2D eigenvalue weighted by molar-refractivity contribution is -0.0272. The Morgan fingerprint density at radius 2 is 1.96 bits per heavy atom. The van der Waals surface area contributed by atoms with Gasteiger partial charge in [0.2, 0.25) is 0 Å². The summed E-state index contributed by atoms with van der Waals surface area (Å²) in [5.74, 6) is 0.675. The highest BCUT2D eigenvalue weighted by Crippen LogP contribution is 2.53. The summed E-state index contributed by atoms with van der Waals surface area (Å²) in [4.78, 5) is 14.0. The number of hydrogen-bond donors (Lipinski definition) is 0. The number of likely N-dealkylation sites (tertiary alicyclic amines) is 1. The van der Waals surface area contributed by atoms with Crippen molar-refractivity contribution >= 4 is 17.7 Å². The van der Waals surface area contributed by atoms with Crippen LogP contribution in [-0.4, -0.2) is 39.9 Å². The van der Waals surface area contributed by atoms with Gasteiger partial charge in [0.25, 0.3) is 0 Å². The summed E-state index contributed by atoms with van der Waals surface area (Å²) in [6.07, 6.45) is 5.40. The van der Waals surface area contributed by atoms with Crippen LogP contribution in [0.5, 0.6) is 0 Å². The second-order valence-corrected chi connectivity index (χ2v) is 8.68. The van der Waals surface area contributed by atoms with Gasteiger partial charge in [-0.1, -0.05) is 11.6 Å². The fourth-order valence-electron chi connectivity index (χ4n) is 3.96. The molecule has 6 heteroatoms. The van der Waals surface area contributed by atoms with Gasteiger partial charge in [0.1, 0.15) is 5.60 Å². The molecule has 1 aromatic heterocycles. The largest absolute Gasteiger partial charge is 0.444 e. The summed E-state index contributed by atoms with van der Waals surface area (Å²) in [5, 5.41) is 8.50. The topological polar surface area (TPSA) is 55.3 Å². The first-order chi connectivity index (χ1) is 11.2. The molecule has 2 fully saturated rings. The summed E-state index contributed by atoms with van der Waals surface area (Å²) in [6, 6.07) is 3.77. The van der Waals surface area contributed by atoms with Gasteiger partial charge < -0.3 is 9.64 Å². The molecule has 0 aromatic carbocycles. The van der Waals surface area contributed by atoms with E-state index in [-0.39, 0.29) is 6.09 Å². The van der Waals surface area contributed by atoms with Crippen molar-refractivity contribution in [2.24, 2.45) is 11.3 Å². The molecular formula is C18H26ClN3O2. The van der Waals surface area contributed by atoms with E-state index >= 15 is 0 Å². The van der Waals surface area contributed by atoms with Crippen LogP contribution in [0.25, 0.3) is 0 Å². The average Bonchev–Trinajstić information content (AvgIpc) is 2.47. The van der Waals surface area contributed by atoms with E-state index in [1.54, 1.807) is 6.07 Å². The number of carbonyl (C=O) groups is 1. The van der Waals surface area contributed by atoms with E-state index in [2.05, 4.69) is 10.2 Å². The van der Waals surface area contributed by atoms with Crippen LogP contribution in [0.4, 0.5) is 4.79 Å². The third-order valence-corrected chi connectivity index (χ3v) is 5.31. The van der Waals surface area contributed by atoms with Gasteiger partial charge in [0.15, 0.2) is 5.15 Å². The lowest BCUT2D eigenvalue weighted by Crippen LogP contribution is -2.50. The smallest absolute Gasteiger partial charge is 0.410 e. The van der Waals surface area contributed by atoms with Crippen LogP contribution in [0.1, 0.15) is 52.1 Å². The van der Waals surface area contributed by atoms with Crippen LogP contribution in [0.3, 0.4) is 0 Å². The molecule has 1 aliphatic carbocycles. The van der Waals surface area contributed by atoms with Crippen molar-refractivity contribution in [2.75, 3.05) is 13.1 Å². The zero-order valence-corrected chi connectivity index (χ0v) is 15.5. The molecule has 1 aliphatic heterocycles. The normalized spacial score (nSPS) is 20.8. The van der Waals surface area contributed by atoms with Crippen molar-refractivity contribution in [1.29, 1.82) is 0 Å². The van der Waals surface area contributed by atoms with E-state index in [0.29, 0.717) is 16.5 Å². The molecular weight excluding hydrogens is 326 g/mol. The van der Waals surface area contributed by atoms with E-state index in [4.69, 9.17) is 16.3 Å². The highest BCUT2D eigenvalue weighted by Gasteiger charge is 2.46. The Morgan fingerprint density at radius 1 is 1.29 bits per heavy atom. The third kappa shape index (κ3) is 4.18. The zero-order valence-electron chi connectivity index (χ0n) is 14.7. The Kier molecular flexibility index (Phi) is 4.73. The maximum atomic E-state index is 12.1. The van der Waals surface area contributed by atoms with Crippen molar-refractivity contribution in [3.63, 3.8) is 0 Å². The van der Waals surface area contributed by atoms with Crippen LogP contribution < -0.4 is 0 Å². The Hall–Kier alpha value is -1.36. The van der Waals surface area contributed by atoms with Gasteiger partial charge in [-0.2, -0.15) is 5.10 Å². The van der Waals surface area contributed by atoms with Crippen molar-refractivity contribution in [2.45, 2.75) is 58.5 Å². The van der Waals surface area contributed by atoms with Gasteiger partial charge in [0.05, 0.1) is 5.69 Å². The highest BCUT2D eigenvalue weighted by molar-refractivity contribution is 6.29. The fraction of sp³-hybridized carbons (Fsp3) is 0.722. The first-order valence-electron chi connectivity index (χ1n) is 8.71. The molecule has 132 valence electrons. The van der Waals surface area contributed by atoms with Gasteiger partial charge in [0, 0.05) is 13.1 Å². The van der Waals surface area contributed by atoms with Gasteiger partial charge in [-0.15, -0.1) is 5.10 Å². The second-order valence-electron chi connectivity index (χ2n) is 8.29. The maximum Gasteiger partial charge on any atom is 0.410 e. The van der Waals surface area contributed by atoms with Crippen molar-refractivity contribution < 1.29 is 9.53 Å². The van der Waals surface area contributed by atoms with E-state index in [0.717, 1.165) is 38.0 Å². The summed E-state index contributed by atoms with van der Waals surface area (Å²) in [5.41, 5.74) is 1.02. The minimum absolute atomic E-state index is 0.176. The third-order valence-electron chi connectivity index (χ3n) is 5.10. The first kappa shape index (κ1) is 17.5. The zero-order chi connectivity index (χ0) is 17.4. The summed E-state index contributed by atoms with van der Waals surface area (Å²) in [6.45, 7) is 7.34. The number of hydrogen-bond acceptors (Lipinski definition) is 4. The highest BCUT2D eigenvalue weighted by atomic mass is 35.5. The summed E-state index contributed by atoms with van der Waals surface area (Å²) in [7, 11) is 0. The Morgan fingerprint density at radius 3 is 2.50 bits per heavy atom. The molecule has 2 aliphatic rings. The van der Waals surface area contributed by atoms with Crippen molar-refractivity contribution in [3.05, 3.63) is 23.0 Å². The molecule has 1 saturated carbocycles. The van der Waals surface area contributed by atoms with E-state index in [1.165, 1.54) is 12.8 Å². The Labute approximate surface area is 148 Å².